The molecule has 0 radical (unpaired) electrons. The van der Waals surface area contributed by atoms with Gasteiger partial charge in [-0.3, -0.25) is 13.9 Å². The highest BCUT2D eigenvalue weighted by Crippen LogP contribution is 2.66. The summed E-state index contributed by atoms with van der Waals surface area (Å²) in [5, 5.41) is 20.1. The van der Waals surface area contributed by atoms with Crippen LogP contribution in [0, 0.1) is 0 Å². The molecule has 2 unspecified atom stereocenters. The topological polar surface area (TPSA) is 269 Å². The summed E-state index contributed by atoms with van der Waals surface area (Å²) < 4.78 is 51.0. The quantitative estimate of drug-likeness (QED) is 0.109. The van der Waals surface area contributed by atoms with E-state index in [-0.39, 0.29) is 5.82 Å². The Bertz CT molecular complexity index is 1070. The number of aliphatic hydroxyl groups excluding tert-OH is 2. The van der Waals surface area contributed by atoms with Crippen LogP contribution in [-0.4, -0.2) is 95.9 Å². The fourth-order valence-electron chi connectivity index (χ4n) is 3.01. The third-order valence-electron chi connectivity index (χ3n) is 4.81. The molecule has 2 heterocycles. The number of ether oxygens (including phenoxy) is 1. The minimum absolute atomic E-state index is 0.0287. The molecule has 0 aliphatic carbocycles. The van der Waals surface area contributed by atoms with E-state index >= 15 is 0 Å². The van der Waals surface area contributed by atoms with Crippen molar-refractivity contribution in [3.63, 3.8) is 0 Å². The van der Waals surface area contributed by atoms with Gasteiger partial charge in [-0.1, -0.05) is 20.8 Å². The van der Waals surface area contributed by atoms with Crippen molar-refractivity contribution in [1.82, 2.24) is 14.5 Å². The summed E-state index contributed by atoms with van der Waals surface area (Å²) in [5.41, 5.74) is 1.37. The maximum atomic E-state index is 12.1. The molecule has 1 aromatic heterocycles. The van der Waals surface area contributed by atoms with Crippen LogP contribution in [0.2, 0.25) is 0 Å². The molecule has 22 heteroatoms. The van der Waals surface area contributed by atoms with E-state index in [1.807, 2.05) is 0 Å². The predicted octanol–water partition coefficient (Wildman–Crippen LogP) is -0.473. The first-order valence-electron chi connectivity index (χ1n) is 10.9. The van der Waals surface area contributed by atoms with Crippen LogP contribution in [0.4, 0.5) is 5.82 Å². The number of phosphoric acid groups is 3. The lowest BCUT2D eigenvalue weighted by Crippen LogP contribution is -2.36. The van der Waals surface area contributed by atoms with Gasteiger partial charge in [-0.15, -0.1) is 0 Å². The van der Waals surface area contributed by atoms with Crippen molar-refractivity contribution in [3.8, 4) is 0 Å². The number of nitrogens with one attached hydrogen (secondary N) is 1. The van der Waals surface area contributed by atoms with E-state index in [0.29, 0.717) is 0 Å². The normalized spacial score (nSPS) is 24.8. The van der Waals surface area contributed by atoms with Crippen molar-refractivity contribution >= 4 is 29.3 Å². The minimum atomic E-state index is -5.73. The third kappa shape index (κ3) is 11.6. The molecule has 19 nitrogen and oxygen atoms in total. The van der Waals surface area contributed by atoms with E-state index in [1.54, 1.807) is 0 Å². The van der Waals surface area contributed by atoms with Crippen molar-refractivity contribution in [3.05, 3.63) is 22.7 Å². The van der Waals surface area contributed by atoms with Gasteiger partial charge in [0.1, 0.15) is 18.3 Å². The Morgan fingerprint density at radius 2 is 1.61 bits per heavy atom. The molecule has 222 valence electrons. The number of anilines is 1. The molecule has 1 aromatic rings. The molecule has 0 bridgehead atoms. The van der Waals surface area contributed by atoms with E-state index in [4.69, 9.17) is 19.4 Å². The van der Waals surface area contributed by atoms with Crippen molar-refractivity contribution in [2.45, 2.75) is 45.3 Å². The van der Waals surface area contributed by atoms with E-state index < -0.39 is 60.3 Å². The van der Waals surface area contributed by atoms with Crippen LogP contribution in [0.5, 0.6) is 0 Å². The Hall–Kier alpha value is -1.11. The molecule has 38 heavy (non-hydrogen) atoms. The monoisotopic (exact) mass is 614 g/mol. The van der Waals surface area contributed by atoms with Gasteiger partial charge in [0.15, 0.2) is 12.0 Å². The lowest BCUT2D eigenvalue weighted by molar-refractivity contribution is -0.0541. The van der Waals surface area contributed by atoms with E-state index in [1.165, 1.54) is 32.8 Å². The molecule has 0 spiro atoms. The van der Waals surface area contributed by atoms with Gasteiger partial charge in [-0.2, -0.15) is 13.6 Å². The van der Waals surface area contributed by atoms with Gasteiger partial charge >= 0.3 is 29.2 Å². The van der Waals surface area contributed by atoms with Crippen molar-refractivity contribution in [2.75, 3.05) is 38.8 Å². The molecule has 0 aromatic carbocycles. The molecule has 0 saturated carbocycles. The number of nitrogens with zero attached hydrogens (tertiary/aromatic N) is 3. The van der Waals surface area contributed by atoms with Gasteiger partial charge in [-0.25, -0.2) is 24.0 Å². The Morgan fingerprint density at radius 1 is 1.03 bits per heavy atom. The number of hydrogen-bond acceptors (Lipinski definition) is 14. The zero-order valence-corrected chi connectivity index (χ0v) is 23.5. The second kappa shape index (κ2) is 15.0. The Morgan fingerprint density at radius 3 is 2.05 bits per heavy atom. The summed E-state index contributed by atoms with van der Waals surface area (Å²) in [4.78, 5) is 58.0. The molecular formula is C16H33N4O15P3. The zero-order valence-electron chi connectivity index (χ0n) is 20.8. The summed E-state index contributed by atoms with van der Waals surface area (Å²) in [6, 6.07) is 1.27. The SMILES string of the molecule is CCN(CC)CC.CONc1ccn([C@@H]2O[C@H](COP(=O)(O)OP(=O)(O)OP(=O)(O)O)[C@@H](O)[C@H]2O)c(=O)n1. The van der Waals surface area contributed by atoms with Crippen molar-refractivity contribution in [2.24, 2.45) is 0 Å². The fraction of sp³-hybridized carbons (Fsp3) is 0.750. The molecule has 0 amide bonds. The first-order chi connectivity index (χ1) is 17.5. The summed E-state index contributed by atoms with van der Waals surface area (Å²) in [5.74, 6) is 0.0287. The number of phosphoric ester groups is 1. The average molecular weight is 614 g/mol. The first kappa shape index (κ1) is 34.9. The van der Waals surface area contributed by atoms with Crippen LogP contribution in [0.3, 0.4) is 0 Å². The maximum Gasteiger partial charge on any atom is 0.490 e. The van der Waals surface area contributed by atoms with Crippen molar-refractivity contribution in [1.29, 1.82) is 0 Å². The maximum absolute atomic E-state index is 12.1. The highest BCUT2D eigenvalue weighted by atomic mass is 31.3. The standard InChI is InChI=1S/C10H18N3O15P3.C6H15N/c1-24-12-6-2-3-13(10(16)11-6)9-8(15)7(14)5(26-9)4-25-30(20,21)28-31(22,23)27-29(17,18)19;1-4-7(5-2)6-3/h2-3,5,7-9,14-15H,4H2,1H3,(H,20,21)(H,22,23)(H,11,12,16)(H2,17,18,19);4-6H2,1-3H3/t5-,7-,8-,9-;/m1./s1. The van der Waals surface area contributed by atoms with Crippen LogP contribution >= 0.6 is 23.5 Å². The van der Waals surface area contributed by atoms with Gasteiger partial charge < -0.3 is 39.4 Å². The van der Waals surface area contributed by atoms with Crippen LogP contribution in [0.25, 0.3) is 0 Å². The Kier molecular flexibility index (Phi) is 13.8. The largest absolute Gasteiger partial charge is 0.490 e. The van der Waals surface area contributed by atoms with E-state index in [9.17, 15) is 33.6 Å². The number of aromatic nitrogens is 2. The van der Waals surface area contributed by atoms with Crippen LogP contribution < -0.4 is 11.2 Å². The Labute approximate surface area is 217 Å². The predicted molar refractivity (Wildman–Crippen MR) is 128 cm³/mol. The van der Waals surface area contributed by atoms with Gasteiger partial charge in [0.05, 0.1) is 13.7 Å². The third-order valence-corrected chi connectivity index (χ3v) is 8.61. The molecule has 6 atom stereocenters. The van der Waals surface area contributed by atoms with Gasteiger partial charge in [0, 0.05) is 6.20 Å². The number of hydrogen-bond donors (Lipinski definition) is 7. The molecule has 1 aliphatic rings. The molecule has 1 fully saturated rings. The number of rotatable bonds is 13. The highest BCUT2D eigenvalue weighted by Gasteiger charge is 2.46. The highest BCUT2D eigenvalue weighted by molar-refractivity contribution is 7.66. The summed E-state index contributed by atoms with van der Waals surface area (Å²) in [6.45, 7) is 9.10. The number of aliphatic hydroxyl groups is 2. The van der Waals surface area contributed by atoms with E-state index in [2.05, 4.69) is 54.1 Å². The molecular weight excluding hydrogens is 581 g/mol. The Balaban J connectivity index is 0.000000905. The lowest BCUT2D eigenvalue weighted by atomic mass is 10.1. The second-order valence-corrected chi connectivity index (χ2v) is 11.8. The fourth-order valence-corrected chi connectivity index (χ4v) is 6.04. The van der Waals surface area contributed by atoms with E-state index in [0.717, 1.165) is 10.8 Å². The lowest BCUT2D eigenvalue weighted by Gasteiger charge is -2.19. The average Bonchev–Trinajstić information content (AvgIpc) is 3.06. The van der Waals surface area contributed by atoms with Crippen LogP contribution in [0.1, 0.15) is 27.0 Å². The first-order valence-corrected chi connectivity index (χ1v) is 15.4. The molecule has 7 N–H and O–H groups in total. The smallest absolute Gasteiger partial charge is 0.387 e. The van der Waals surface area contributed by atoms with Crippen LogP contribution in [0.15, 0.2) is 17.1 Å². The second-order valence-electron chi connectivity index (χ2n) is 7.36. The summed E-state index contributed by atoms with van der Waals surface area (Å²) in [7, 11) is -15.5. The molecule has 1 aliphatic heterocycles. The van der Waals surface area contributed by atoms with Gasteiger partial charge in [-0.05, 0) is 25.7 Å². The van der Waals surface area contributed by atoms with Crippen molar-refractivity contribution < 1.29 is 66.2 Å². The summed E-state index contributed by atoms with van der Waals surface area (Å²) >= 11 is 0. The van der Waals surface area contributed by atoms with Gasteiger partial charge in [0.2, 0.25) is 0 Å². The molecule has 2 rings (SSSR count). The minimum Gasteiger partial charge on any atom is -0.387 e. The van der Waals surface area contributed by atoms with Crippen LogP contribution in [-0.2, 0) is 36.4 Å². The molecule has 1 saturated heterocycles. The van der Waals surface area contributed by atoms with Gasteiger partial charge in [0.25, 0.3) is 0 Å². The zero-order chi connectivity index (χ0) is 29.3. The summed E-state index contributed by atoms with van der Waals surface area (Å²) in [6.07, 6.45) is -5.40.